The first-order valence-corrected chi connectivity index (χ1v) is 9.61. The quantitative estimate of drug-likeness (QED) is 0.626. The van der Waals surface area contributed by atoms with Crippen molar-refractivity contribution in [3.63, 3.8) is 0 Å². The number of carbonyl (C=O) groups is 1. The number of rotatable bonds is 4. The third-order valence-corrected chi connectivity index (χ3v) is 5.01. The maximum Gasteiger partial charge on any atom is 0.348 e. The van der Waals surface area contributed by atoms with Gasteiger partial charge in [0.2, 0.25) is 0 Å². The second-order valence-electron chi connectivity index (χ2n) is 7.11. The van der Waals surface area contributed by atoms with Gasteiger partial charge >= 0.3 is 5.63 Å². The van der Waals surface area contributed by atoms with E-state index in [0.717, 1.165) is 5.56 Å². The summed E-state index contributed by atoms with van der Waals surface area (Å²) in [7, 11) is 1.58. The topological polar surface area (TPSA) is 104 Å². The highest BCUT2D eigenvalue weighted by atomic mass is 16.5. The number of carbonyl (C=O) groups excluding carboxylic acids is 1. The van der Waals surface area contributed by atoms with Crippen LogP contribution in [0.3, 0.4) is 0 Å². The van der Waals surface area contributed by atoms with Crippen LogP contribution in [0.2, 0.25) is 0 Å². The summed E-state index contributed by atoms with van der Waals surface area (Å²) < 4.78 is 10.3. The van der Waals surface area contributed by atoms with Crippen molar-refractivity contribution < 1.29 is 19.1 Å². The van der Waals surface area contributed by atoms with E-state index in [4.69, 9.17) is 9.15 Å². The lowest BCUT2D eigenvalue weighted by Crippen LogP contribution is -2.40. The van der Waals surface area contributed by atoms with E-state index >= 15 is 0 Å². The predicted molar refractivity (Wildman–Crippen MR) is 116 cm³/mol. The van der Waals surface area contributed by atoms with Gasteiger partial charge in [0, 0.05) is 11.8 Å². The fourth-order valence-electron chi connectivity index (χ4n) is 3.50. The number of fused-ring (bicyclic) bond motifs is 1. The Labute approximate surface area is 178 Å². The highest BCUT2D eigenvalue weighted by Gasteiger charge is 2.33. The first-order chi connectivity index (χ1) is 14.9. The van der Waals surface area contributed by atoms with Crippen molar-refractivity contribution in [3.8, 4) is 11.5 Å². The summed E-state index contributed by atoms with van der Waals surface area (Å²) in [4.78, 5) is 25.6. The number of aryl methyl sites for hydroxylation is 1. The molecule has 31 heavy (non-hydrogen) atoms. The van der Waals surface area contributed by atoms with Crippen LogP contribution in [0.5, 0.6) is 11.5 Å². The third-order valence-electron chi connectivity index (χ3n) is 5.01. The van der Waals surface area contributed by atoms with Crippen molar-refractivity contribution in [2.24, 2.45) is 5.10 Å². The molecule has 8 heteroatoms. The minimum absolute atomic E-state index is 0.0919. The number of amides is 1. The van der Waals surface area contributed by atoms with Crippen molar-refractivity contribution in [1.29, 1.82) is 0 Å². The lowest BCUT2D eigenvalue weighted by Gasteiger charge is -2.35. The van der Waals surface area contributed by atoms with Gasteiger partial charge in [0.25, 0.3) is 5.91 Å². The molecule has 3 aromatic rings. The molecule has 0 radical (unpaired) electrons. The smallest absolute Gasteiger partial charge is 0.348 e. The molecule has 1 aliphatic rings. The molecule has 1 amide bonds. The monoisotopic (exact) mass is 419 g/mol. The lowest BCUT2D eigenvalue weighted by molar-refractivity contribution is 0.0689. The molecule has 2 aromatic carbocycles. The molecule has 0 saturated heterocycles. The number of nitrogens with zero attached hydrogens (tertiary/aromatic N) is 2. The van der Waals surface area contributed by atoms with Crippen molar-refractivity contribution in [1.82, 2.24) is 5.01 Å². The molecule has 8 nitrogen and oxygen atoms in total. The zero-order chi connectivity index (χ0) is 22.1. The summed E-state index contributed by atoms with van der Waals surface area (Å²) in [6, 6.07) is 15.7. The Balaban J connectivity index is 1.82. The number of para-hydroxylation sites is 1. The minimum atomic E-state index is -0.724. The van der Waals surface area contributed by atoms with Gasteiger partial charge in [-0.3, -0.25) is 4.79 Å². The molecule has 4 rings (SSSR count). The average molecular weight is 419 g/mol. The summed E-state index contributed by atoms with van der Waals surface area (Å²) in [5.74, 6) is 0.360. The summed E-state index contributed by atoms with van der Waals surface area (Å²) in [5.41, 5.74) is 1.22. The maximum atomic E-state index is 13.3. The van der Waals surface area contributed by atoms with Gasteiger partial charge in [0.1, 0.15) is 22.8 Å². The van der Waals surface area contributed by atoms with E-state index in [1.165, 1.54) is 11.1 Å². The Morgan fingerprint density at radius 1 is 1.16 bits per heavy atom. The predicted octanol–water partition coefficient (Wildman–Crippen LogP) is 3.65. The number of benzene rings is 2. The Morgan fingerprint density at radius 2 is 1.87 bits per heavy atom. The number of anilines is 1. The molecule has 158 valence electrons. The van der Waals surface area contributed by atoms with Crippen LogP contribution in [0.4, 0.5) is 5.69 Å². The van der Waals surface area contributed by atoms with Gasteiger partial charge in [0.05, 0.1) is 18.4 Å². The van der Waals surface area contributed by atoms with Gasteiger partial charge < -0.3 is 19.6 Å². The van der Waals surface area contributed by atoms with Gasteiger partial charge in [-0.05, 0) is 43.7 Å². The number of hydrazone groups is 1. The average Bonchev–Trinajstić information content (AvgIpc) is 2.75. The van der Waals surface area contributed by atoms with Crippen LogP contribution in [0.25, 0.3) is 0 Å². The highest BCUT2D eigenvalue weighted by Crippen LogP contribution is 2.34. The molecule has 2 heterocycles. The maximum absolute atomic E-state index is 13.3. The summed E-state index contributed by atoms with van der Waals surface area (Å²) in [5, 5.41) is 19.3. The molecule has 0 aliphatic carbocycles. The Bertz CT molecular complexity index is 1230. The molecule has 2 N–H and O–H groups in total. The normalized spacial score (nSPS) is 16.0. The Kier molecular flexibility index (Phi) is 5.21. The largest absolute Gasteiger partial charge is 0.507 e. The van der Waals surface area contributed by atoms with Gasteiger partial charge in [-0.25, -0.2) is 9.80 Å². The standard InChI is InChI=1S/C23H21N3O5/c1-13-12-19(27)20(23(29)31-13)14(2)25-26-21(15-8-10-16(30-3)11-9-15)24-18-7-5-4-6-17(18)22(26)28/h4-12,21,24,27H,1-3H3/b25-14+. The van der Waals surface area contributed by atoms with E-state index in [-0.39, 0.29) is 28.7 Å². The molecule has 0 bridgehead atoms. The fraction of sp³-hybridized carbons (Fsp3) is 0.174. The molecule has 1 unspecified atom stereocenters. The van der Waals surface area contributed by atoms with Crippen LogP contribution < -0.4 is 15.7 Å². The van der Waals surface area contributed by atoms with Crippen LogP contribution in [-0.4, -0.2) is 28.8 Å². The summed E-state index contributed by atoms with van der Waals surface area (Å²) >= 11 is 0. The van der Waals surface area contributed by atoms with E-state index in [1.807, 2.05) is 24.3 Å². The molecule has 1 aromatic heterocycles. The number of hydrogen-bond donors (Lipinski definition) is 2. The number of methoxy groups -OCH3 is 1. The van der Waals surface area contributed by atoms with Gasteiger partial charge in [0.15, 0.2) is 6.17 Å². The first-order valence-electron chi connectivity index (χ1n) is 9.61. The van der Waals surface area contributed by atoms with E-state index in [0.29, 0.717) is 17.0 Å². The lowest BCUT2D eigenvalue weighted by atomic mass is 10.0. The van der Waals surface area contributed by atoms with E-state index in [1.54, 1.807) is 45.2 Å². The van der Waals surface area contributed by atoms with Crippen LogP contribution in [-0.2, 0) is 0 Å². The van der Waals surface area contributed by atoms with Crippen molar-refractivity contribution >= 4 is 17.3 Å². The Hall–Kier alpha value is -4.07. The number of ether oxygens (including phenoxy) is 1. The van der Waals surface area contributed by atoms with Gasteiger partial charge in [-0.15, -0.1) is 0 Å². The first kappa shape index (κ1) is 20.2. The fourth-order valence-corrected chi connectivity index (χ4v) is 3.50. The summed E-state index contributed by atoms with van der Waals surface area (Å²) in [6.45, 7) is 3.10. The van der Waals surface area contributed by atoms with E-state index < -0.39 is 11.8 Å². The van der Waals surface area contributed by atoms with Crippen LogP contribution in [0.1, 0.15) is 40.3 Å². The molecular formula is C23H21N3O5. The third kappa shape index (κ3) is 3.75. The van der Waals surface area contributed by atoms with Crippen LogP contribution >= 0.6 is 0 Å². The molecule has 0 spiro atoms. The van der Waals surface area contributed by atoms with Crippen molar-refractivity contribution in [2.45, 2.75) is 20.0 Å². The van der Waals surface area contributed by atoms with Crippen molar-refractivity contribution in [2.75, 3.05) is 12.4 Å². The number of hydrogen-bond acceptors (Lipinski definition) is 7. The highest BCUT2D eigenvalue weighted by molar-refractivity contribution is 6.04. The molecule has 0 saturated carbocycles. The molecule has 1 atom stereocenters. The van der Waals surface area contributed by atoms with Gasteiger partial charge in [-0.2, -0.15) is 5.10 Å². The molecular weight excluding hydrogens is 398 g/mol. The number of aromatic hydroxyl groups is 1. The molecule has 1 aliphatic heterocycles. The zero-order valence-corrected chi connectivity index (χ0v) is 17.2. The minimum Gasteiger partial charge on any atom is -0.507 e. The molecule has 0 fully saturated rings. The van der Waals surface area contributed by atoms with E-state index in [2.05, 4.69) is 10.4 Å². The van der Waals surface area contributed by atoms with Crippen LogP contribution in [0, 0.1) is 6.92 Å². The SMILES string of the molecule is COc1ccc(C2Nc3ccccc3C(=O)N2/N=C(\C)c2c(O)cc(C)oc2=O)cc1. The second kappa shape index (κ2) is 7.98. The second-order valence-corrected chi connectivity index (χ2v) is 7.11. The Morgan fingerprint density at radius 3 is 2.55 bits per heavy atom. The van der Waals surface area contributed by atoms with Gasteiger partial charge in [-0.1, -0.05) is 24.3 Å². The zero-order valence-electron chi connectivity index (χ0n) is 17.2. The van der Waals surface area contributed by atoms with E-state index in [9.17, 15) is 14.7 Å². The van der Waals surface area contributed by atoms with Crippen LogP contribution in [0.15, 0.2) is 68.9 Å². The number of nitrogens with one attached hydrogen (secondary N) is 1. The van der Waals surface area contributed by atoms with Crippen molar-refractivity contribution in [3.05, 3.63) is 87.5 Å². The summed E-state index contributed by atoms with van der Waals surface area (Å²) in [6.07, 6.45) is -0.636.